The molecule has 0 bridgehead atoms. The van der Waals surface area contributed by atoms with Crippen LogP contribution >= 0.6 is 0 Å². The van der Waals surface area contributed by atoms with Crippen LogP contribution < -0.4 is 10.6 Å². The third-order valence-corrected chi connectivity index (χ3v) is 7.29. The van der Waals surface area contributed by atoms with E-state index in [-0.39, 0.29) is 29.4 Å². The Morgan fingerprint density at radius 2 is 1.88 bits per heavy atom. The second-order valence-electron chi connectivity index (χ2n) is 8.19. The van der Waals surface area contributed by atoms with Gasteiger partial charge in [0.05, 0.1) is 29.8 Å². The van der Waals surface area contributed by atoms with Gasteiger partial charge in [-0.3, -0.25) is 4.79 Å². The van der Waals surface area contributed by atoms with E-state index in [0.29, 0.717) is 37.3 Å². The van der Waals surface area contributed by atoms with Crippen LogP contribution in [0.25, 0.3) is 0 Å². The lowest BCUT2D eigenvalue weighted by molar-refractivity contribution is -0.149. The SMILES string of the molecule is CCOC(=O)C1=C(COC(=O)C2CCN(C3=NS(=O)(=O)c4ccccc43)CC2)NC(=O)NC1C. The Morgan fingerprint density at radius 3 is 2.59 bits per heavy atom. The molecule has 1 atom stereocenters. The number of likely N-dealkylation sites (tertiary alicyclic amines) is 1. The molecule has 3 aliphatic heterocycles. The second-order valence-corrected chi connectivity index (χ2v) is 9.76. The Balaban J connectivity index is 1.38. The summed E-state index contributed by atoms with van der Waals surface area (Å²) >= 11 is 0. The zero-order valence-electron chi connectivity index (χ0n) is 18.9. The molecule has 4 rings (SSSR count). The average molecular weight is 491 g/mol. The van der Waals surface area contributed by atoms with Gasteiger partial charge in [-0.2, -0.15) is 8.42 Å². The van der Waals surface area contributed by atoms with E-state index >= 15 is 0 Å². The third-order valence-electron chi connectivity index (χ3n) is 5.96. The van der Waals surface area contributed by atoms with E-state index in [1.54, 1.807) is 32.0 Å². The highest BCUT2D eigenvalue weighted by molar-refractivity contribution is 7.90. The lowest BCUT2D eigenvalue weighted by Gasteiger charge is -2.32. The fourth-order valence-electron chi connectivity index (χ4n) is 4.30. The summed E-state index contributed by atoms with van der Waals surface area (Å²) in [6.45, 7) is 4.12. The molecular weight excluding hydrogens is 464 g/mol. The third kappa shape index (κ3) is 4.63. The first-order valence-electron chi connectivity index (χ1n) is 11.0. The summed E-state index contributed by atoms with van der Waals surface area (Å²) < 4.78 is 39.1. The molecule has 0 radical (unpaired) electrons. The topological polar surface area (TPSA) is 143 Å². The number of amidine groups is 1. The molecule has 11 nitrogen and oxygen atoms in total. The number of hydrogen-bond donors (Lipinski definition) is 2. The van der Waals surface area contributed by atoms with Gasteiger partial charge in [0, 0.05) is 18.7 Å². The van der Waals surface area contributed by atoms with Gasteiger partial charge in [0.25, 0.3) is 10.0 Å². The molecule has 34 heavy (non-hydrogen) atoms. The van der Waals surface area contributed by atoms with Crippen LogP contribution in [-0.4, -0.2) is 69.5 Å². The summed E-state index contributed by atoms with van der Waals surface area (Å²) in [4.78, 5) is 38.9. The molecule has 0 aliphatic carbocycles. The van der Waals surface area contributed by atoms with Crippen molar-refractivity contribution in [2.75, 3.05) is 26.3 Å². The van der Waals surface area contributed by atoms with Gasteiger partial charge < -0.3 is 25.0 Å². The van der Waals surface area contributed by atoms with Crippen molar-refractivity contribution < 1.29 is 32.3 Å². The van der Waals surface area contributed by atoms with Crippen LogP contribution in [-0.2, 0) is 29.1 Å². The standard InChI is InChI=1S/C22H26N4O7S/c1-3-32-21(28)18-13(2)23-22(29)24-16(18)12-33-20(27)14-8-10-26(11-9-14)19-15-6-4-5-7-17(15)34(30,31)25-19/h4-7,13-14H,3,8-12H2,1-2H3,(H2,23,24,29). The molecule has 3 aliphatic rings. The average Bonchev–Trinajstić information content (AvgIpc) is 3.08. The van der Waals surface area contributed by atoms with Crippen molar-refractivity contribution in [1.29, 1.82) is 0 Å². The van der Waals surface area contributed by atoms with Crippen LogP contribution in [0.5, 0.6) is 0 Å². The number of esters is 2. The first-order chi connectivity index (χ1) is 16.2. The summed E-state index contributed by atoms with van der Waals surface area (Å²) in [6.07, 6.45) is 0.905. The van der Waals surface area contributed by atoms with E-state index < -0.39 is 40.0 Å². The number of hydrogen-bond acceptors (Lipinski definition) is 8. The van der Waals surface area contributed by atoms with E-state index in [0.717, 1.165) is 0 Å². The van der Waals surface area contributed by atoms with Crippen molar-refractivity contribution in [1.82, 2.24) is 15.5 Å². The monoisotopic (exact) mass is 490 g/mol. The summed E-state index contributed by atoms with van der Waals surface area (Å²) in [7, 11) is -3.71. The lowest BCUT2D eigenvalue weighted by atomic mass is 9.96. The second kappa shape index (κ2) is 9.45. The Morgan fingerprint density at radius 1 is 1.18 bits per heavy atom. The number of sulfonamides is 1. The number of carbonyl (C=O) groups excluding carboxylic acids is 3. The number of benzene rings is 1. The molecule has 1 aromatic carbocycles. The molecule has 2 amide bonds. The lowest BCUT2D eigenvalue weighted by Crippen LogP contribution is -2.50. The van der Waals surface area contributed by atoms with Crippen LogP contribution in [0.1, 0.15) is 32.3 Å². The number of nitrogens with one attached hydrogen (secondary N) is 2. The fraction of sp³-hybridized carbons (Fsp3) is 0.455. The smallest absolute Gasteiger partial charge is 0.338 e. The van der Waals surface area contributed by atoms with Crippen LogP contribution in [0.2, 0.25) is 0 Å². The van der Waals surface area contributed by atoms with Crippen LogP contribution in [0.3, 0.4) is 0 Å². The molecule has 1 fully saturated rings. The maximum absolute atomic E-state index is 12.7. The zero-order chi connectivity index (χ0) is 24.5. The van der Waals surface area contributed by atoms with Crippen LogP contribution in [0.4, 0.5) is 4.79 Å². The minimum absolute atomic E-state index is 0.172. The Bertz CT molecular complexity index is 1180. The van der Waals surface area contributed by atoms with Gasteiger partial charge in [0.1, 0.15) is 11.5 Å². The van der Waals surface area contributed by atoms with Crippen molar-refractivity contribution >= 4 is 33.8 Å². The number of fused-ring (bicyclic) bond motifs is 1. The molecular formula is C22H26N4O7S. The van der Waals surface area contributed by atoms with Gasteiger partial charge in [-0.1, -0.05) is 12.1 Å². The van der Waals surface area contributed by atoms with Gasteiger partial charge in [-0.25, -0.2) is 9.59 Å². The van der Waals surface area contributed by atoms with Crippen molar-refractivity contribution in [3.63, 3.8) is 0 Å². The van der Waals surface area contributed by atoms with E-state index in [4.69, 9.17) is 9.47 Å². The molecule has 0 spiro atoms. The molecule has 182 valence electrons. The van der Waals surface area contributed by atoms with Crippen LogP contribution in [0.15, 0.2) is 44.8 Å². The predicted molar refractivity (Wildman–Crippen MR) is 120 cm³/mol. The van der Waals surface area contributed by atoms with Crippen molar-refractivity contribution in [3.05, 3.63) is 41.1 Å². The van der Waals surface area contributed by atoms with Crippen molar-refractivity contribution in [2.24, 2.45) is 10.3 Å². The highest BCUT2D eigenvalue weighted by Crippen LogP contribution is 2.30. The number of urea groups is 1. The summed E-state index contributed by atoms with van der Waals surface area (Å²) in [6, 6.07) is 5.60. The maximum Gasteiger partial charge on any atom is 0.338 e. The molecule has 1 aromatic rings. The first kappa shape index (κ1) is 23.7. The van der Waals surface area contributed by atoms with E-state index in [1.165, 1.54) is 6.07 Å². The first-order valence-corrected chi connectivity index (χ1v) is 12.5. The Labute approximate surface area is 197 Å². The molecule has 2 N–H and O–H groups in total. The Kier molecular flexibility index (Phi) is 6.60. The molecule has 0 aromatic heterocycles. The number of carbonyl (C=O) groups is 3. The van der Waals surface area contributed by atoms with E-state index in [2.05, 4.69) is 15.0 Å². The largest absolute Gasteiger partial charge is 0.463 e. The predicted octanol–water partition coefficient (Wildman–Crippen LogP) is 0.909. The van der Waals surface area contributed by atoms with Crippen LogP contribution in [0, 0.1) is 5.92 Å². The van der Waals surface area contributed by atoms with Gasteiger partial charge in [0.15, 0.2) is 5.84 Å². The summed E-state index contributed by atoms with van der Waals surface area (Å²) in [5, 5.41) is 5.11. The summed E-state index contributed by atoms with van der Waals surface area (Å²) in [5.41, 5.74) is 0.975. The highest BCUT2D eigenvalue weighted by Gasteiger charge is 2.35. The normalized spacial score (nSPS) is 21.8. The van der Waals surface area contributed by atoms with E-state index in [9.17, 15) is 22.8 Å². The highest BCUT2D eigenvalue weighted by atomic mass is 32.2. The Hall–Kier alpha value is -3.41. The zero-order valence-corrected chi connectivity index (χ0v) is 19.7. The quantitative estimate of drug-likeness (QED) is 0.580. The maximum atomic E-state index is 12.7. The molecule has 1 unspecified atom stereocenters. The van der Waals surface area contributed by atoms with Gasteiger partial charge in [-0.05, 0) is 38.8 Å². The van der Waals surface area contributed by atoms with E-state index in [1.807, 2.05) is 4.90 Å². The van der Waals surface area contributed by atoms with Gasteiger partial charge >= 0.3 is 18.0 Å². The molecule has 1 saturated heterocycles. The van der Waals surface area contributed by atoms with Crippen molar-refractivity contribution in [2.45, 2.75) is 37.6 Å². The minimum Gasteiger partial charge on any atom is -0.463 e. The van der Waals surface area contributed by atoms with Crippen molar-refractivity contribution in [3.8, 4) is 0 Å². The van der Waals surface area contributed by atoms with Gasteiger partial charge in [-0.15, -0.1) is 4.40 Å². The number of amides is 2. The number of nitrogens with zero attached hydrogens (tertiary/aromatic N) is 2. The number of ether oxygens (including phenoxy) is 2. The summed E-state index contributed by atoms with van der Waals surface area (Å²) in [5.74, 6) is -1.03. The molecule has 3 heterocycles. The molecule has 0 saturated carbocycles. The van der Waals surface area contributed by atoms with Gasteiger partial charge in [0.2, 0.25) is 0 Å². The number of rotatable bonds is 5. The number of piperidine rings is 1. The fourth-order valence-corrected chi connectivity index (χ4v) is 5.53. The minimum atomic E-state index is -3.71. The molecule has 12 heteroatoms.